The van der Waals surface area contributed by atoms with Crippen LogP contribution in [0, 0.1) is 13.8 Å². The predicted octanol–water partition coefficient (Wildman–Crippen LogP) is 3.27. The topological polar surface area (TPSA) is 59.6 Å². The number of rotatable bonds is 6. The monoisotopic (exact) mass is 384 g/mol. The minimum absolute atomic E-state index is 0.0330. The summed E-state index contributed by atoms with van der Waals surface area (Å²) in [6, 6.07) is 13.4. The second-order valence-electron chi connectivity index (χ2n) is 6.75. The van der Waals surface area contributed by atoms with Crippen LogP contribution in [-0.2, 0) is 11.3 Å². The van der Waals surface area contributed by atoms with E-state index in [1.807, 2.05) is 63.4 Å². The lowest BCUT2D eigenvalue weighted by Crippen LogP contribution is -3.08. The van der Waals surface area contributed by atoms with Crippen molar-refractivity contribution >= 4 is 23.2 Å². The Kier molecular flexibility index (Phi) is 5.94. The average molecular weight is 385 g/mol. The first-order valence-corrected chi connectivity index (χ1v) is 9.18. The van der Waals surface area contributed by atoms with E-state index in [2.05, 4.69) is 10.3 Å². The van der Waals surface area contributed by atoms with Gasteiger partial charge in [-0.2, -0.15) is 0 Å². The van der Waals surface area contributed by atoms with Gasteiger partial charge in [0.1, 0.15) is 0 Å². The van der Waals surface area contributed by atoms with Crippen LogP contribution in [0.5, 0.6) is 0 Å². The minimum atomic E-state index is -0.0330. The fourth-order valence-corrected chi connectivity index (χ4v) is 3.06. The maximum absolute atomic E-state index is 12.4. The molecule has 3 rings (SSSR count). The number of nitrogens with zero attached hydrogens (tertiary/aromatic N) is 1. The molecule has 3 aromatic rings. The van der Waals surface area contributed by atoms with E-state index in [9.17, 15) is 4.79 Å². The normalized spacial score (nSPS) is 12.0. The van der Waals surface area contributed by atoms with E-state index in [1.165, 1.54) is 0 Å². The van der Waals surface area contributed by atoms with E-state index in [4.69, 9.17) is 16.0 Å². The van der Waals surface area contributed by atoms with Gasteiger partial charge in [0.25, 0.3) is 11.8 Å². The molecule has 0 spiro atoms. The molecule has 1 aromatic heterocycles. The minimum Gasteiger partial charge on any atom is -0.435 e. The van der Waals surface area contributed by atoms with Gasteiger partial charge in [-0.15, -0.1) is 0 Å². The molecule has 6 heteroatoms. The highest BCUT2D eigenvalue weighted by Gasteiger charge is 2.16. The Morgan fingerprint density at radius 1 is 1.15 bits per heavy atom. The van der Waals surface area contributed by atoms with Gasteiger partial charge in [-0.25, -0.2) is 4.98 Å². The van der Waals surface area contributed by atoms with Gasteiger partial charge in [-0.05, 0) is 49.2 Å². The quantitative estimate of drug-likeness (QED) is 0.685. The third kappa shape index (κ3) is 4.96. The molecule has 0 aliphatic rings. The van der Waals surface area contributed by atoms with Crippen LogP contribution in [-0.4, -0.2) is 24.5 Å². The van der Waals surface area contributed by atoms with Crippen LogP contribution in [0.2, 0.25) is 5.02 Å². The summed E-state index contributed by atoms with van der Waals surface area (Å²) < 4.78 is 5.81. The van der Waals surface area contributed by atoms with Crippen LogP contribution in [0.3, 0.4) is 0 Å². The van der Waals surface area contributed by atoms with Crippen LogP contribution in [0.25, 0.3) is 11.3 Å². The number of halogens is 1. The van der Waals surface area contributed by atoms with E-state index in [1.54, 1.807) is 6.20 Å². The van der Waals surface area contributed by atoms with Crippen LogP contribution in [0.1, 0.15) is 17.0 Å². The number of hydrogen-bond donors (Lipinski definition) is 2. The van der Waals surface area contributed by atoms with Gasteiger partial charge in [-0.3, -0.25) is 4.79 Å². The number of benzene rings is 2. The first-order valence-electron chi connectivity index (χ1n) is 8.80. The lowest BCUT2D eigenvalue weighted by molar-refractivity contribution is -0.886. The van der Waals surface area contributed by atoms with Crippen LogP contribution in [0.15, 0.2) is 53.1 Å². The molecule has 0 radical (unpaired) electrons. The van der Waals surface area contributed by atoms with E-state index in [0.717, 1.165) is 27.3 Å². The summed E-state index contributed by atoms with van der Waals surface area (Å²) in [5.41, 5.74) is 3.92. The van der Waals surface area contributed by atoms with Crippen LogP contribution < -0.4 is 10.2 Å². The summed E-state index contributed by atoms with van der Waals surface area (Å²) in [6.07, 6.45) is 1.70. The lowest BCUT2D eigenvalue weighted by atomic mass is 10.1. The molecule has 0 bridgehead atoms. The van der Waals surface area contributed by atoms with E-state index in [-0.39, 0.29) is 5.91 Å². The molecule has 0 saturated carbocycles. The largest absolute Gasteiger partial charge is 0.435 e. The zero-order valence-corrected chi connectivity index (χ0v) is 16.4. The SMILES string of the molecule is Cc1cccc(C)c1NC(=O)C[NH+](C)Cc1ncc(-c2ccc(Cl)cc2)o1. The summed E-state index contributed by atoms with van der Waals surface area (Å²) in [5, 5.41) is 3.69. The lowest BCUT2D eigenvalue weighted by Gasteiger charge is -2.14. The Morgan fingerprint density at radius 2 is 1.81 bits per heavy atom. The van der Waals surface area contributed by atoms with Gasteiger partial charge in [0, 0.05) is 16.3 Å². The Hall–Kier alpha value is -2.63. The molecule has 27 heavy (non-hydrogen) atoms. The summed E-state index contributed by atoms with van der Waals surface area (Å²) >= 11 is 5.91. The average Bonchev–Trinajstić information content (AvgIpc) is 3.07. The zero-order chi connectivity index (χ0) is 19.4. The van der Waals surface area contributed by atoms with Crippen molar-refractivity contribution in [2.45, 2.75) is 20.4 Å². The fourth-order valence-electron chi connectivity index (χ4n) is 2.93. The highest BCUT2D eigenvalue weighted by atomic mass is 35.5. The molecular weight excluding hydrogens is 362 g/mol. The zero-order valence-electron chi connectivity index (χ0n) is 15.7. The molecule has 0 aliphatic carbocycles. The summed E-state index contributed by atoms with van der Waals surface area (Å²) in [5.74, 6) is 1.25. The van der Waals surface area contributed by atoms with Crippen molar-refractivity contribution in [3.63, 3.8) is 0 Å². The molecule has 2 N–H and O–H groups in total. The molecule has 1 unspecified atom stereocenters. The van der Waals surface area contributed by atoms with Crippen LogP contribution in [0.4, 0.5) is 5.69 Å². The van der Waals surface area contributed by atoms with Gasteiger partial charge in [0.15, 0.2) is 18.8 Å². The predicted molar refractivity (Wildman–Crippen MR) is 107 cm³/mol. The molecule has 1 atom stereocenters. The molecule has 0 saturated heterocycles. The number of carbonyl (C=O) groups excluding carboxylic acids is 1. The van der Waals surface area contributed by atoms with Gasteiger partial charge >= 0.3 is 0 Å². The Balaban J connectivity index is 1.58. The Labute approximate surface area is 164 Å². The van der Waals surface area contributed by atoms with Gasteiger partial charge in [0.2, 0.25) is 0 Å². The number of quaternary nitrogens is 1. The third-order valence-corrected chi connectivity index (χ3v) is 4.60. The number of anilines is 1. The maximum atomic E-state index is 12.4. The fraction of sp³-hybridized carbons (Fsp3) is 0.238. The van der Waals surface area contributed by atoms with Crippen molar-refractivity contribution in [2.75, 3.05) is 18.9 Å². The van der Waals surface area contributed by atoms with Crippen molar-refractivity contribution in [1.82, 2.24) is 4.98 Å². The maximum Gasteiger partial charge on any atom is 0.279 e. The van der Waals surface area contributed by atoms with E-state index >= 15 is 0 Å². The number of nitrogens with one attached hydrogen (secondary N) is 2. The smallest absolute Gasteiger partial charge is 0.279 e. The molecule has 5 nitrogen and oxygen atoms in total. The first-order chi connectivity index (χ1) is 12.9. The van der Waals surface area contributed by atoms with Crippen molar-refractivity contribution in [3.05, 3.63) is 70.7 Å². The number of aromatic nitrogens is 1. The molecule has 0 fully saturated rings. The molecular formula is C21H23ClN3O2+. The number of para-hydroxylation sites is 1. The molecule has 0 aliphatic heterocycles. The highest BCUT2D eigenvalue weighted by Crippen LogP contribution is 2.22. The second kappa shape index (κ2) is 8.37. The molecule has 2 aromatic carbocycles. The van der Waals surface area contributed by atoms with E-state index < -0.39 is 0 Å². The number of likely N-dealkylation sites (N-methyl/N-ethyl adjacent to an activating group) is 1. The summed E-state index contributed by atoms with van der Waals surface area (Å²) in [7, 11) is 1.94. The molecule has 1 heterocycles. The van der Waals surface area contributed by atoms with Crippen molar-refractivity contribution in [3.8, 4) is 11.3 Å². The number of oxazole rings is 1. The van der Waals surface area contributed by atoms with Crippen molar-refractivity contribution in [1.29, 1.82) is 0 Å². The standard InChI is InChI=1S/C21H22ClN3O2/c1-14-5-4-6-15(2)21(14)24-19(26)12-25(3)13-20-23-11-18(27-20)16-7-9-17(22)10-8-16/h4-11H,12-13H2,1-3H3,(H,24,26)/p+1. The summed E-state index contributed by atoms with van der Waals surface area (Å²) in [4.78, 5) is 17.7. The second-order valence-corrected chi connectivity index (χ2v) is 7.19. The summed E-state index contributed by atoms with van der Waals surface area (Å²) in [6.45, 7) is 4.83. The third-order valence-electron chi connectivity index (χ3n) is 4.34. The van der Waals surface area contributed by atoms with E-state index in [0.29, 0.717) is 29.8 Å². The molecule has 140 valence electrons. The first kappa shape index (κ1) is 19.1. The van der Waals surface area contributed by atoms with Crippen LogP contribution >= 0.6 is 11.6 Å². The van der Waals surface area contributed by atoms with Gasteiger partial charge < -0.3 is 14.6 Å². The van der Waals surface area contributed by atoms with Gasteiger partial charge in [-0.1, -0.05) is 29.8 Å². The van der Waals surface area contributed by atoms with Crippen molar-refractivity contribution in [2.24, 2.45) is 0 Å². The number of hydrogen-bond acceptors (Lipinski definition) is 3. The Morgan fingerprint density at radius 3 is 2.48 bits per heavy atom. The van der Waals surface area contributed by atoms with Crippen molar-refractivity contribution < 1.29 is 14.1 Å². The highest BCUT2D eigenvalue weighted by molar-refractivity contribution is 6.30. The number of carbonyl (C=O) groups is 1. The Bertz CT molecular complexity index is 915. The molecule has 1 amide bonds. The van der Waals surface area contributed by atoms with Gasteiger partial charge in [0.05, 0.1) is 13.2 Å². The number of aryl methyl sites for hydroxylation is 2. The number of amides is 1.